The third-order valence-electron chi connectivity index (χ3n) is 2.34. The third-order valence-corrected chi connectivity index (χ3v) is 2.34. The van der Waals surface area contributed by atoms with E-state index in [9.17, 15) is 15.0 Å². The van der Waals surface area contributed by atoms with E-state index in [2.05, 4.69) is 20.6 Å². The Hall–Kier alpha value is -1.77. The minimum atomic E-state index is -1.18. The van der Waals surface area contributed by atoms with Crippen LogP contribution in [-0.4, -0.2) is 38.5 Å². The predicted molar refractivity (Wildman–Crippen MR) is 57.7 cm³/mol. The smallest absolute Gasteiger partial charge is 0.276 e. The van der Waals surface area contributed by atoms with Crippen molar-refractivity contribution >= 4 is 11.7 Å². The molecule has 0 radical (unpaired) electrons. The number of nitrogens with zero attached hydrogens (tertiary/aromatic N) is 2. The molecule has 0 aliphatic carbocycles. The zero-order valence-corrected chi connectivity index (χ0v) is 9.08. The molecule has 17 heavy (non-hydrogen) atoms. The van der Waals surface area contributed by atoms with Crippen LogP contribution in [0.15, 0.2) is 6.20 Å². The lowest BCUT2D eigenvalue weighted by Gasteiger charge is -2.23. The van der Waals surface area contributed by atoms with Gasteiger partial charge in [0, 0.05) is 0 Å². The van der Waals surface area contributed by atoms with Crippen LogP contribution in [0.3, 0.4) is 0 Å². The minimum absolute atomic E-state index is 0.0453. The molecule has 3 unspecified atom stereocenters. The Kier molecular flexibility index (Phi) is 2.92. The molecule has 2 heterocycles. The molecule has 3 atom stereocenters. The van der Waals surface area contributed by atoms with Gasteiger partial charge in [-0.15, -0.1) is 0 Å². The molecule has 0 saturated carbocycles. The van der Waals surface area contributed by atoms with Crippen molar-refractivity contribution in [3.8, 4) is 0 Å². The molecular weight excluding hydrogens is 226 g/mol. The number of carbonyl (C=O) groups excluding carboxylic acids is 1. The van der Waals surface area contributed by atoms with Gasteiger partial charge in [-0.1, -0.05) is 0 Å². The molecule has 8 nitrogen and oxygen atoms in total. The Bertz CT molecular complexity index is 450. The number of carbonyl (C=O) groups is 1. The third kappa shape index (κ3) is 2.18. The lowest BCUT2D eigenvalue weighted by atomic mass is 10.1. The van der Waals surface area contributed by atoms with E-state index in [1.807, 2.05) is 0 Å². The van der Waals surface area contributed by atoms with Gasteiger partial charge in [-0.3, -0.25) is 10.5 Å². The number of fused-ring (bicyclic) bond motifs is 1. The maximum absolute atomic E-state index is 11.6. The summed E-state index contributed by atoms with van der Waals surface area (Å²) in [6, 6.07) is 0. The van der Waals surface area contributed by atoms with Crippen molar-refractivity contribution in [1.29, 1.82) is 0 Å². The molecule has 8 heteroatoms. The maximum atomic E-state index is 11.6. The number of nitrogens with two attached hydrogens (primary N) is 1. The zero-order valence-electron chi connectivity index (χ0n) is 9.08. The van der Waals surface area contributed by atoms with E-state index in [1.165, 1.54) is 13.1 Å². The fourth-order valence-electron chi connectivity index (χ4n) is 1.45. The average molecular weight is 239 g/mol. The van der Waals surface area contributed by atoms with Crippen molar-refractivity contribution in [2.45, 2.75) is 25.4 Å². The number of aromatic nitrogens is 2. The number of hydrogen-bond donors (Lipinski definition) is 5. The topological polar surface area (TPSA) is 133 Å². The second-order valence-corrected chi connectivity index (χ2v) is 3.77. The Morgan fingerprint density at radius 1 is 1.47 bits per heavy atom. The zero-order chi connectivity index (χ0) is 12.6. The number of hydrogen-bond acceptors (Lipinski definition) is 7. The van der Waals surface area contributed by atoms with Gasteiger partial charge in [0.05, 0.1) is 18.0 Å². The summed E-state index contributed by atoms with van der Waals surface area (Å²) < 4.78 is 0. The molecule has 92 valence electrons. The van der Waals surface area contributed by atoms with Gasteiger partial charge in [0.25, 0.3) is 5.91 Å². The first-order valence-electron chi connectivity index (χ1n) is 5.05. The normalized spacial score (nSPS) is 22.1. The number of aliphatic hydroxyl groups excluding tert-OH is 2. The molecule has 1 amide bonds. The Labute approximate surface area is 96.9 Å². The monoisotopic (exact) mass is 239 g/mol. The van der Waals surface area contributed by atoms with Gasteiger partial charge in [0.2, 0.25) is 0 Å². The lowest BCUT2D eigenvalue weighted by Crippen LogP contribution is -2.51. The van der Waals surface area contributed by atoms with Crippen LogP contribution >= 0.6 is 0 Å². The first-order chi connectivity index (χ1) is 7.99. The van der Waals surface area contributed by atoms with Gasteiger partial charge in [0.15, 0.2) is 17.8 Å². The SMILES string of the molecule is CC(O)C(O)c1cnc2c(n1)C(=O)NC(N)N2. The van der Waals surface area contributed by atoms with E-state index in [0.29, 0.717) is 0 Å². The van der Waals surface area contributed by atoms with Gasteiger partial charge >= 0.3 is 0 Å². The van der Waals surface area contributed by atoms with Crippen molar-refractivity contribution < 1.29 is 15.0 Å². The summed E-state index contributed by atoms with van der Waals surface area (Å²) in [6.07, 6.45) is -1.61. The van der Waals surface area contributed by atoms with Crippen LogP contribution in [0.25, 0.3) is 0 Å². The highest BCUT2D eigenvalue weighted by Crippen LogP contribution is 2.19. The van der Waals surface area contributed by atoms with Crippen molar-refractivity contribution in [2.75, 3.05) is 5.32 Å². The highest BCUT2D eigenvalue weighted by Gasteiger charge is 2.26. The number of rotatable bonds is 2. The fraction of sp³-hybridized carbons (Fsp3) is 0.444. The summed E-state index contributed by atoms with van der Waals surface area (Å²) in [7, 11) is 0. The fourth-order valence-corrected chi connectivity index (χ4v) is 1.45. The summed E-state index contributed by atoms with van der Waals surface area (Å²) in [4.78, 5) is 19.4. The lowest BCUT2D eigenvalue weighted by molar-refractivity contribution is 0.0274. The Morgan fingerprint density at radius 2 is 2.18 bits per heavy atom. The molecule has 1 aliphatic rings. The summed E-state index contributed by atoms with van der Waals surface area (Å²) in [5, 5.41) is 24.0. The van der Waals surface area contributed by atoms with E-state index in [0.717, 1.165) is 0 Å². The van der Waals surface area contributed by atoms with Crippen molar-refractivity contribution in [2.24, 2.45) is 5.73 Å². The second kappa shape index (κ2) is 4.24. The summed E-state index contributed by atoms with van der Waals surface area (Å²) in [6.45, 7) is 1.42. The number of nitrogens with one attached hydrogen (secondary N) is 2. The van der Waals surface area contributed by atoms with Crippen LogP contribution in [0, 0.1) is 0 Å². The quantitative estimate of drug-likeness (QED) is 0.415. The van der Waals surface area contributed by atoms with Gasteiger partial charge < -0.3 is 20.8 Å². The minimum Gasteiger partial charge on any atom is -0.390 e. The van der Waals surface area contributed by atoms with Crippen molar-refractivity contribution in [1.82, 2.24) is 15.3 Å². The molecule has 0 fully saturated rings. The molecule has 1 aromatic rings. The Balaban J connectivity index is 2.37. The van der Waals surface area contributed by atoms with Crippen LogP contribution in [0.4, 0.5) is 5.82 Å². The first kappa shape index (κ1) is 11.7. The van der Waals surface area contributed by atoms with E-state index in [-0.39, 0.29) is 17.2 Å². The molecule has 1 aromatic heterocycles. The molecule has 0 bridgehead atoms. The van der Waals surface area contributed by atoms with Crippen LogP contribution in [-0.2, 0) is 0 Å². The van der Waals surface area contributed by atoms with Crippen LogP contribution in [0.1, 0.15) is 29.2 Å². The van der Waals surface area contributed by atoms with Gasteiger partial charge in [-0.05, 0) is 6.92 Å². The predicted octanol–water partition coefficient (Wildman–Crippen LogP) is -1.71. The molecule has 6 N–H and O–H groups in total. The first-order valence-corrected chi connectivity index (χ1v) is 5.05. The maximum Gasteiger partial charge on any atom is 0.276 e. The van der Waals surface area contributed by atoms with E-state index >= 15 is 0 Å². The largest absolute Gasteiger partial charge is 0.390 e. The van der Waals surface area contributed by atoms with Crippen molar-refractivity contribution in [3.63, 3.8) is 0 Å². The van der Waals surface area contributed by atoms with Gasteiger partial charge in [-0.25, -0.2) is 9.97 Å². The van der Waals surface area contributed by atoms with Gasteiger partial charge in [0.1, 0.15) is 6.10 Å². The van der Waals surface area contributed by atoms with Crippen molar-refractivity contribution in [3.05, 3.63) is 17.6 Å². The molecule has 0 saturated heterocycles. The molecule has 2 rings (SSSR count). The molecule has 0 aromatic carbocycles. The molecule has 1 aliphatic heterocycles. The average Bonchev–Trinajstić information content (AvgIpc) is 2.27. The second-order valence-electron chi connectivity index (χ2n) is 3.77. The van der Waals surface area contributed by atoms with Crippen LogP contribution in [0.5, 0.6) is 0 Å². The molecule has 0 spiro atoms. The summed E-state index contributed by atoms with van der Waals surface area (Å²) in [5.74, 6) is -0.221. The number of amides is 1. The van der Waals surface area contributed by atoms with E-state index < -0.39 is 24.4 Å². The van der Waals surface area contributed by atoms with Crippen LogP contribution in [0.2, 0.25) is 0 Å². The summed E-state index contributed by atoms with van der Waals surface area (Å²) >= 11 is 0. The standard InChI is InChI=1S/C9H13N5O3/c1-3(15)6(16)4-2-11-7-5(12-4)8(17)14-9(10)13-7/h2-3,6,9,15-16H,10H2,1H3,(H,11,13)(H,14,17). The number of aliphatic hydroxyl groups is 2. The highest BCUT2D eigenvalue weighted by molar-refractivity contribution is 5.98. The summed E-state index contributed by atoms with van der Waals surface area (Å²) in [5.41, 5.74) is 5.66. The van der Waals surface area contributed by atoms with Crippen LogP contribution < -0.4 is 16.4 Å². The number of anilines is 1. The van der Waals surface area contributed by atoms with E-state index in [1.54, 1.807) is 0 Å². The van der Waals surface area contributed by atoms with E-state index in [4.69, 9.17) is 5.73 Å². The van der Waals surface area contributed by atoms with Gasteiger partial charge in [-0.2, -0.15) is 0 Å². The highest BCUT2D eigenvalue weighted by atomic mass is 16.3. The Morgan fingerprint density at radius 3 is 2.82 bits per heavy atom. The molecular formula is C9H13N5O3.